The zero-order valence-corrected chi connectivity index (χ0v) is 13.6. The minimum atomic E-state index is 0.600. The molecule has 3 nitrogen and oxygen atoms in total. The highest BCUT2D eigenvalue weighted by Crippen LogP contribution is 2.29. The van der Waals surface area contributed by atoms with Crippen LogP contribution in [0.5, 0.6) is 0 Å². The smallest absolute Gasteiger partial charge is 0.0642 e. The molecule has 0 unspecified atom stereocenters. The van der Waals surface area contributed by atoms with Gasteiger partial charge in [-0.2, -0.15) is 0 Å². The van der Waals surface area contributed by atoms with Gasteiger partial charge in [-0.25, -0.2) is 0 Å². The monoisotopic (exact) mass is 295 g/mol. The normalized spacial score (nSPS) is 17.4. The number of hydrogen-bond acceptors (Lipinski definition) is 3. The first kappa shape index (κ1) is 15.6. The molecule has 0 bridgehead atoms. The van der Waals surface area contributed by atoms with Gasteiger partial charge < -0.3 is 15.1 Å². The second-order valence-electron chi connectivity index (χ2n) is 5.71. The molecule has 1 aliphatic rings. The lowest BCUT2D eigenvalue weighted by molar-refractivity contribution is 0.253. The average Bonchev–Trinajstić information content (AvgIpc) is 2.45. The van der Waals surface area contributed by atoms with Crippen LogP contribution in [0, 0.1) is 0 Å². The summed E-state index contributed by atoms with van der Waals surface area (Å²) in [6, 6.07) is 7.02. The fraction of sp³-hybridized carbons (Fsp3) is 0.625. The molecule has 1 heterocycles. The quantitative estimate of drug-likeness (QED) is 0.901. The van der Waals surface area contributed by atoms with E-state index in [1.54, 1.807) is 0 Å². The van der Waals surface area contributed by atoms with E-state index in [1.807, 2.05) is 0 Å². The molecule has 0 saturated carbocycles. The third-order valence-corrected chi connectivity index (χ3v) is 4.51. The molecule has 1 N–H and O–H groups in total. The second kappa shape index (κ2) is 7.30. The minimum Gasteiger partial charge on any atom is -0.370 e. The fourth-order valence-electron chi connectivity index (χ4n) is 2.79. The van der Waals surface area contributed by atoms with Gasteiger partial charge in [-0.1, -0.05) is 24.6 Å². The lowest BCUT2D eigenvalue weighted by Crippen LogP contribution is -2.42. The lowest BCUT2D eigenvalue weighted by Gasteiger charge is -2.36. The van der Waals surface area contributed by atoms with Crippen LogP contribution in [-0.2, 0) is 6.54 Å². The minimum absolute atomic E-state index is 0.600. The van der Waals surface area contributed by atoms with Crippen molar-refractivity contribution in [1.29, 1.82) is 0 Å². The SMILES string of the molecule is CCNCc1ccc(N(C)C2CCN(C)CC2)c(Cl)c1. The predicted molar refractivity (Wildman–Crippen MR) is 87.8 cm³/mol. The van der Waals surface area contributed by atoms with Crippen LogP contribution in [0.4, 0.5) is 5.69 Å². The fourth-order valence-corrected chi connectivity index (χ4v) is 3.13. The van der Waals surface area contributed by atoms with Crippen LogP contribution >= 0.6 is 11.6 Å². The Labute approximate surface area is 127 Å². The summed E-state index contributed by atoms with van der Waals surface area (Å²) in [5.41, 5.74) is 2.40. The van der Waals surface area contributed by atoms with E-state index in [2.05, 4.69) is 54.3 Å². The number of nitrogens with zero attached hydrogens (tertiary/aromatic N) is 2. The van der Waals surface area contributed by atoms with E-state index in [0.717, 1.165) is 23.8 Å². The number of anilines is 1. The zero-order valence-electron chi connectivity index (χ0n) is 12.8. The van der Waals surface area contributed by atoms with E-state index >= 15 is 0 Å². The van der Waals surface area contributed by atoms with Crippen LogP contribution in [-0.4, -0.2) is 44.7 Å². The van der Waals surface area contributed by atoms with Gasteiger partial charge in [-0.15, -0.1) is 0 Å². The number of benzene rings is 1. The molecule has 0 amide bonds. The Hall–Kier alpha value is -0.770. The molecule has 112 valence electrons. The van der Waals surface area contributed by atoms with Crippen LogP contribution < -0.4 is 10.2 Å². The van der Waals surface area contributed by atoms with Gasteiger partial charge >= 0.3 is 0 Å². The number of piperidine rings is 1. The Morgan fingerprint density at radius 3 is 2.65 bits per heavy atom. The van der Waals surface area contributed by atoms with Crippen LogP contribution in [0.1, 0.15) is 25.3 Å². The molecule has 0 radical (unpaired) electrons. The number of hydrogen-bond donors (Lipinski definition) is 1. The molecule has 1 aromatic rings. The van der Waals surface area contributed by atoms with Gasteiger partial charge in [0, 0.05) is 19.6 Å². The summed E-state index contributed by atoms with van der Waals surface area (Å²) in [5, 5.41) is 4.19. The van der Waals surface area contributed by atoms with Gasteiger partial charge in [0.15, 0.2) is 0 Å². The molecular weight excluding hydrogens is 270 g/mol. The van der Waals surface area contributed by atoms with E-state index in [4.69, 9.17) is 11.6 Å². The molecule has 0 atom stereocenters. The summed E-state index contributed by atoms with van der Waals surface area (Å²) in [6.07, 6.45) is 2.42. The van der Waals surface area contributed by atoms with Gasteiger partial charge in [-0.05, 0) is 57.2 Å². The average molecular weight is 296 g/mol. The lowest BCUT2D eigenvalue weighted by atomic mass is 10.0. The van der Waals surface area contributed by atoms with Crippen LogP contribution in [0.3, 0.4) is 0 Å². The molecule has 0 aliphatic carbocycles. The molecule has 0 spiro atoms. The molecular formula is C16H26ClN3. The van der Waals surface area contributed by atoms with Gasteiger partial charge in [-0.3, -0.25) is 0 Å². The second-order valence-corrected chi connectivity index (χ2v) is 6.12. The van der Waals surface area contributed by atoms with E-state index in [-0.39, 0.29) is 0 Å². The maximum Gasteiger partial charge on any atom is 0.0642 e. The highest BCUT2D eigenvalue weighted by molar-refractivity contribution is 6.33. The first-order valence-electron chi connectivity index (χ1n) is 7.52. The van der Waals surface area contributed by atoms with Gasteiger partial charge in [0.1, 0.15) is 0 Å². The third kappa shape index (κ3) is 3.87. The number of nitrogens with one attached hydrogen (secondary N) is 1. The number of halogens is 1. The van der Waals surface area contributed by atoms with Crippen LogP contribution in [0.2, 0.25) is 5.02 Å². The van der Waals surface area contributed by atoms with E-state index in [9.17, 15) is 0 Å². The Morgan fingerprint density at radius 1 is 1.35 bits per heavy atom. The van der Waals surface area contributed by atoms with Gasteiger partial charge in [0.05, 0.1) is 10.7 Å². The predicted octanol–water partition coefficient (Wildman–Crippen LogP) is 2.98. The Kier molecular flexibility index (Phi) is 5.70. The standard InChI is InChI=1S/C16H26ClN3/c1-4-18-12-13-5-6-16(15(17)11-13)20(3)14-7-9-19(2)10-8-14/h5-6,11,14,18H,4,7-10,12H2,1-3H3. The van der Waals surface area contributed by atoms with Gasteiger partial charge in [0.2, 0.25) is 0 Å². The molecule has 1 aliphatic heterocycles. The van der Waals surface area contributed by atoms with Crippen molar-refractivity contribution in [3.63, 3.8) is 0 Å². The van der Waals surface area contributed by atoms with Crippen molar-refractivity contribution < 1.29 is 0 Å². The van der Waals surface area contributed by atoms with Crippen molar-refractivity contribution >= 4 is 17.3 Å². The highest BCUT2D eigenvalue weighted by atomic mass is 35.5. The number of rotatable bonds is 5. The van der Waals surface area contributed by atoms with Crippen molar-refractivity contribution in [2.24, 2.45) is 0 Å². The summed E-state index contributed by atoms with van der Waals surface area (Å²) >= 11 is 6.47. The number of likely N-dealkylation sites (tertiary alicyclic amines) is 1. The molecule has 1 saturated heterocycles. The largest absolute Gasteiger partial charge is 0.370 e. The molecule has 4 heteroatoms. The Balaban J connectivity index is 2.04. The molecule has 1 aromatic carbocycles. The first-order chi connectivity index (χ1) is 9.61. The topological polar surface area (TPSA) is 18.5 Å². The van der Waals surface area contributed by atoms with Crippen LogP contribution in [0.15, 0.2) is 18.2 Å². The Bertz CT molecular complexity index is 428. The van der Waals surface area contributed by atoms with Gasteiger partial charge in [0.25, 0.3) is 0 Å². The highest BCUT2D eigenvalue weighted by Gasteiger charge is 2.22. The third-order valence-electron chi connectivity index (χ3n) is 4.21. The maximum absolute atomic E-state index is 6.47. The Morgan fingerprint density at radius 2 is 2.05 bits per heavy atom. The van der Waals surface area contributed by atoms with Crippen molar-refractivity contribution in [3.05, 3.63) is 28.8 Å². The van der Waals surface area contributed by atoms with Crippen molar-refractivity contribution in [1.82, 2.24) is 10.2 Å². The zero-order chi connectivity index (χ0) is 14.5. The van der Waals surface area contributed by atoms with Crippen LogP contribution in [0.25, 0.3) is 0 Å². The van der Waals surface area contributed by atoms with E-state index < -0.39 is 0 Å². The maximum atomic E-state index is 6.47. The molecule has 1 fully saturated rings. The molecule has 20 heavy (non-hydrogen) atoms. The summed E-state index contributed by atoms with van der Waals surface area (Å²) in [5.74, 6) is 0. The van der Waals surface area contributed by atoms with Crippen molar-refractivity contribution in [3.8, 4) is 0 Å². The summed E-state index contributed by atoms with van der Waals surface area (Å²) in [6.45, 7) is 6.32. The molecule has 0 aromatic heterocycles. The van der Waals surface area contributed by atoms with E-state index in [1.165, 1.54) is 31.5 Å². The summed E-state index contributed by atoms with van der Waals surface area (Å²) in [4.78, 5) is 4.75. The first-order valence-corrected chi connectivity index (χ1v) is 7.90. The van der Waals surface area contributed by atoms with Crippen molar-refractivity contribution in [2.45, 2.75) is 32.4 Å². The van der Waals surface area contributed by atoms with Crippen molar-refractivity contribution in [2.75, 3.05) is 38.6 Å². The molecule has 2 rings (SSSR count). The summed E-state index contributed by atoms with van der Waals surface area (Å²) in [7, 11) is 4.36. The summed E-state index contributed by atoms with van der Waals surface area (Å²) < 4.78 is 0. The van der Waals surface area contributed by atoms with E-state index in [0.29, 0.717) is 6.04 Å².